The minimum absolute atomic E-state index is 0.123. The first-order valence-corrected chi connectivity index (χ1v) is 12.7. The molecule has 3 aromatic heterocycles. The molecule has 2 N–H and O–H groups in total. The van der Waals surface area contributed by atoms with Gasteiger partial charge in [0, 0.05) is 29.8 Å². The van der Waals surface area contributed by atoms with Crippen LogP contribution in [-0.2, 0) is 0 Å². The van der Waals surface area contributed by atoms with E-state index in [1.54, 1.807) is 6.07 Å². The largest absolute Gasteiger partial charge is 0.352 e. The van der Waals surface area contributed by atoms with Crippen LogP contribution in [0.25, 0.3) is 26.1 Å². The molecular formula is C24H27ClN6O2S. The Hall–Kier alpha value is -2.75. The highest BCUT2D eigenvalue weighted by molar-refractivity contribution is 7.24. The van der Waals surface area contributed by atoms with Gasteiger partial charge in [-0.1, -0.05) is 11.6 Å². The summed E-state index contributed by atoms with van der Waals surface area (Å²) in [7, 11) is 2.11. The molecule has 5 rings (SSSR count). The molecule has 1 saturated heterocycles. The number of likely N-dealkylation sites (tertiary alicyclic amines) is 1. The fourth-order valence-electron chi connectivity index (χ4n) is 4.63. The first-order valence-electron chi connectivity index (χ1n) is 11.5. The number of aromatic nitrogens is 3. The van der Waals surface area contributed by atoms with Crippen LogP contribution in [0, 0.1) is 0 Å². The molecule has 1 amide bonds. The number of nitrogens with zero attached hydrogens (tertiary/aromatic N) is 4. The summed E-state index contributed by atoms with van der Waals surface area (Å²) >= 11 is 7.69. The van der Waals surface area contributed by atoms with E-state index in [9.17, 15) is 9.59 Å². The van der Waals surface area contributed by atoms with Crippen molar-refractivity contribution in [2.24, 2.45) is 0 Å². The summed E-state index contributed by atoms with van der Waals surface area (Å²) in [6, 6.07) is 6.13. The number of carbonyl (C=O) groups is 1. The smallest absolute Gasteiger partial charge is 0.258 e. The number of amides is 1. The second-order valence-electron chi connectivity index (χ2n) is 9.11. The summed E-state index contributed by atoms with van der Waals surface area (Å²) in [6.45, 7) is 5.59. The predicted octanol–water partition coefficient (Wildman–Crippen LogP) is 4.15. The van der Waals surface area contributed by atoms with Crippen molar-refractivity contribution in [1.82, 2.24) is 24.6 Å². The number of pyridine rings is 1. The summed E-state index contributed by atoms with van der Waals surface area (Å²) in [5, 5.41) is 7.04. The summed E-state index contributed by atoms with van der Waals surface area (Å²) in [6.07, 6.45) is 4.67. The summed E-state index contributed by atoms with van der Waals surface area (Å²) < 4.78 is 2.77. The Bertz CT molecular complexity index is 1460. The fourth-order valence-corrected chi connectivity index (χ4v) is 5.96. The van der Waals surface area contributed by atoms with Crippen molar-refractivity contribution in [3.8, 4) is 0 Å². The third-order valence-electron chi connectivity index (χ3n) is 6.32. The van der Waals surface area contributed by atoms with Crippen LogP contribution in [0.3, 0.4) is 0 Å². The van der Waals surface area contributed by atoms with Crippen molar-refractivity contribution in [3.05, 3.63) is 45.2 Å². The highest BCUT2D eigenvalue weighted by Crippen LogP contribution is 2.32. The molecule has 1 fully saturated rings. The number of nitrogens with one attached hydrogen (secondary N) is 2. The zero-order valence-electron chi connectivity index (χ0n) is 19.4. The Morgan fingerprint density at radius 2 is 2.18 bits per heavy atom. The van der Waals surface area contributed by atoms with E-state index in [4.69, 9.17) is 11.6 Å². The van der Waals surface area contributed by atoms with Gasteiger partial charge in [0.1, 0.15) is 10.4 Å². The SMILES string of the molecule is CC(C)Nc1ncc2c(=O)c(C(=O)NCCC3CCCN3C)c3sc4ccc(Cl)cc4n3c2n1. The normalized spacial score (nSPS) is 16.8. The molecule has 4 aromatic rings. The third kappa shape index (κ3) is 4.12. The van der Waals surface area contributed by atoms with Gasteiger partial charge in [-0.25, -0.2) is 4.98 Å². The van der Waals surface area contributed by atoms with Crippen LogP contribution in [0.15, 0.2) is 29.2 Å². The Morgan fingerprint density at radius 1 is 1.35 bits per heavy atom. The first-order chi connectivity index (χ1) is 16.3. The van der Waals surface area contributed by atoms with Gasteiger partial charge in [-0.3, -0.25) is 14.0 Å². The fraction of sp³-hybridized carbons (Fsp3) is 0.417. The molecule has 1 aromatic carbocycles. The zero-order valence-corrected chi connectivity index (χ0v) is 21.0. The van der Waals surface area contributed by atoms with Crippen molar-refractivity contribution in [2.45, 2.75) is 45.2 Å². The lowest BCUT2D eigenvalue weighted by molar-refractivity contribution is 0.0951. The van der Waals surface area contributed by atoms with Crippen LogP contribution in [0.2, 0.25) is 5.02 Å². The maximum absolute atomic E-state index is 13.5. The van der Waals surface area contributed by atoms with Gasteiger partial charge >= 0.3 is 0 Å². The van der Waals surface area contributed by atoms with Gasteiger partial charge in [-0.05, 0) is 64.9 Å². The van der Waals surface area contributed by atoms with Crippen LogP contribution in [0.1, 0.15) is 43.5 Å². The van der Waals surface area contributed by atoms with Crippen LogP contribution in [0.4, 0.5) is 5.95 Å². The Morgan fingerprint density at radius 3 is 2.91 bits per heavy atom. The number of anilines is 1. The predicted molar refractivity (Wildman–Crippen MR) is 139 cm³/mol. The van der Waals surface area contributed by atoms with Crippen LogP contribution >= 0.6 is 22.9 Å². The van der Waals surface area contributed by atoms with Gasteiger partial charge < -0.3 is 15.5 Å². The van der Waals surface area contributed by atoms with Crippen molar-refractivity contribution in [3.63, 3.8) is 0 Å². The lowest BCUT2D eigenvalue weighted by atomic mass is 10.1. The third-order valence-corrected chi connectivity index (χ3v) is 7.70. The van der Waals surface area contributed by atoms with Gasteiger partial charge in [0.2, 0.25) is 11.4 Å². The topological polar surface area (TPSA) is 91.6 Å². The second-order valence-corrected chi connectivity index (χ2v) is 10.6. The highest BCUT2D eigenvalue weighted by Gasteiger charge is 2.25. The quantitative estimate of drug-likeness (QED) is 0.415. The lowest BCUT2D eigenvalue weighted by Crippen LogP contribution is -2.34. The summed E-state index contributed by atoms with van der Waals surface area (Å²) in [4.78, 5) is 38.7. The van der Waals surface area contributed by atoms with Gasteiger partial charge in [0.15, 0.2) is 5.65 Å². The maximum atomic E-state index is 13.5. The molecule has 10 heteroatoms. The number of fused-ring (bicyclic) bond motifs is 5. The van der Waals surface area contributed by atoms with Crippen molar-refractivity contribution in [2.75, 3.05) is 25.5 Å². The van der Waals surface area contributed by atoms with Crippen molar-refractivity contribution >= 4 is 60.9 Å². The highest BCUT2D eigenvalue weighted by atomic mass is 35.5. The first kappa shape index (κ1) is 23.0. The molecular weight excluding hydrogens is 472 g/mol. The minimum atomic E-state index is -0.368. The number of halogens is 1. The van der Waals surface area contributed by atoms with Crippen molar-refractivity contribution in [1.29, 1.82) is 0 Å². The molecule has 1 atom stereocenters. The van der Waals surface area contributed by atoms with Gasteiger partial charge in [0.25, 0.3) is 5.91 Å². The number of rotatable bonds is 6. The minimum Gasteiger partial charge on any atom is -0.352 e. The van der Waals surface area contributed by atoms with E-state index < -0.39 is 0 Å². The summed E-state index contributed by atoms with van der Waals surface area (Å²) in [5.74, 6) is 0.0575. The number of hydrogen-bond donors (Lipinski definition) is 2. The number of hydrogen-bond acceptors (Lipinski definition) is 7. The van der Waals surface area contributed by atoms with E-state index in [-0.39, 0.29) is 22.9 Å². The Kier molecular flexibility index (Phi) is 6.18. The molecule has 0 radical (unpaired) electrons. The monoisotopic (exact) mass is 498 g/mol. The van der Waals surface area contributed by atoms with Gasteiger partial charge in [0.05, 0.1) is 15.6 Å². The Labute approximate surface area is 205 Å². The number of carbonyl (C=O) groups excluding carboxylic acids is 1. The molecule has 8 nitrogen and oxygen atoms in total. The average molecular weight is 499 g/mol. The molecule has 1 aliphatic rings. The number of thiazole rings is 1. The number of benzene rings is 1. The van der Waals surface area contributed by atoms with E-state index in [1.807, 2.05) is 30.4 Å². The molecule has 1 aliphatic heterocycles. The summed E-state index contributed by atoms with van der Waals surface area (Å²) in [5.41, 5.74) is 1.01. The molecule has 0 saturated carbocycles. The van der Waals surface area contributed by atoms with Gasteiger partial charge in [-0.15, -0.1) is 11.3 Å². The standard InChI is InChI=1S/C24H27ClN6O2S/c1-13(2)28-24-27-12-16-20(32)19(22(33)26-9-8-15-5-4-10-30(15)3)23-31(21(16)29-24)17-11-14(25)6-7-18(17)34-23/h6-7,11-13,15H,4-5,8-10H2,1-3H3,(H,26,33)(H,27,28,29). The molecule has 0 aliphatic carbocycles. The van der Waals surface area contributed by atoms with Crippen LogP contribution in [0.5, 0.6) is 0 Å². The second kappa shape index (κ2) is 9.13. The maximum Gasteiger partial charge on any atom is 0.258 e. The molecule has 4 heterocycles. The van der Waals surface area contributed by atoms with E-state index in [0.717, 1.165) is 29.6 Å². The van der Waals surface area contributed by atoms with E-state index >= 15 is 0 Å². The van der Waals surface area contributed by atoms with E-state index in [2.05, 4.69) is 32.5 Å². The van der Waals surface area contributed by atoms with Crippen molar-refractivity contribution < 1.29 is 4.79 Å². The molecule has 0 spiro atoms. The van der Waals surface area contributed by atoms with E-state index in [0.29, 0.717) is 39.4 Å². The van der Waals surface area contributed by atoms with Gasteiger partial charge in [-0.2, -0.15) is 4.98 Å². The van der Waals surface area contributed by atoms with Crippen LogP contribution < -0.4 is 16.1 Å². The Balaban J connectivity index is 1.63. The molecule has 0 bridgehead atoms. The molecule has 178 valence electrons. The average Bonchev–Trinajstić information content (AvgIpc) is 3.36. The lowest BCUT2D eigenvalue weighted by Gasteiger charge is -2.19. The van der Waals surface area contributed by atoms with E-state index in [1.165, 1.54) is 24.0 Å². The molecule has 34 heavy (non-hydrogen) atoms. The zero-order chi connectivity index (χ0) is 24.0. The van der Waals surface area contributed by atoms with Crippen LogP contribution in [-0.4, -0.2) is 57.4 Å². The molecule has 1 unspecified atom stereocenters.